The Bertz CT molecular complexity index is 618. The van der Waals surface area contributed by atoms with Crippen LogP contribution in [0, 0.1) is 0 Å². The van der Waals surface area contributed by atoms with E-state index in [1.54, 1.807) is 0 Å². The number of para-hydroxylation sites is 2. The number of hydrogen-bond acceptors (Lipinski definition) is 1. The van der Waals surface area contributed by atoms with E-state index in [1.165, 1.54) is 33.6 Å². The number of benzene rings is 3. The molecule has 0 atom stereocenters. The molecule has 0 amide bonds. The summed E-state index contributed by atoms with van der Waals surface area (Å²) in [6.07, 6.45) is 1.96. The molecule has 3 aromatic carbocycles. The summed E-state index contributed by atoms with van der Waals surface area (Å²) in [6.45, 7) is 0. The fraction of sp³-hybridized carbons (Fsp3) is 0.100. The molecule has 0 bridgehead atoms. The van der Waals surface area contributed by atoms with Crippen LogP contribution in [-0.2, 0) is 12.8 Å². The second-order valence-corrected chi connectivity index (χ2v) is 5.56. The molecule has 0 saturated carbocycles. The molecule has 1 nitrogen and oxygen atoms in total. The highest BCUT2D eigenvalue weighted by molar-refractivity contribution is 5.68. The lowest BCUT2D eigenvalue weighted by molar-refractivity contribution is 1.10. The fourth-order valence-electron chi connectivity index (χ4n) is 3.05. The van der Waals surface area contributed by atoms with E-state index in [9.17, 15) is 0 Å². The number of hydrogen-bond donors (Lipinski definition) is 1. The summed E-state index contributed by atoms with van der Waals surface area (Å²) in [5, 5.41) is 3.62. The van der Waals surface area contributed by atoms with Crippen molar-refractivity contribution in [2.24, 2.45) is 0 Å². The Labute approximate surface area is 125 Å². The fourth-order valence-corrected chi connectivity index (χ4v) is 3.05. The predicted molar refractivity (Wildman–Crippen MR) is 88.2 cm³/mol. The second-order valence-electron chi connectivity index (χ2n) is 5.56. The van der Waals surface area contributed by atoms with Crippen LogP contribution in [0.15, 0.2) is 72.8 Å². The van der Waals surface area contributed by atoms with Crippen LogP contribution in [0.3, 0.4) is 0 Å². The van der Waals surface area contributed by atoms with Gasteiger partial charge in [0.25, 0.3) is 0 Å². The van der Waals surface area contributed by atoms with Gasteiger partial charge in [-0.05, 0) is 47.2 Å². The van der Waals surface area contributed by atoms with E-state index < -0.39 is 0 Å². The molecule has 3 aromatic rings. The van der Waals surface area contributed by atoms with Crippen LogP contribution < -0.4 is 5.32 Å². The topological polar surface area (TPSA) is 12.0 Å². The highest BCUT2D eigenvalue weighted by atomic mass is 14.9. The maximum Gasteiger partial charge on any atom is 0.0420 e. The Kier molecular flexibility index (Phi) is 2.97. The SMILES string of the molecule is c1ccc2c(c1)Cc1ccccc1Nc1ccccc1C2. The molecule has 0 aromatic heterocycles. The number of fused-ring (bicyclic) bond motifs is 3. The van der Waals surface area contributed by atoms with Crippen molar-refractivity contribution < 1.29 is 0 Å². The number of anilines is 2. The van der Waals surface area contributed by atoms with Gasteiger partial charge < -0.3 is 5.32 Å². The molecule has 0 fully saturated rings. The standard InChI is InChI=1S/C20H17N/c1-2-8-16-14-18-10-4-6-12-20(18)21-19-11-5-3-9-17(19)13-15(16)7-1/h1-12,21H,13-14H2. The molecule has 0 saturated heterocycles. The van der Waals surface area contributed by atoms with Gasteiger partial charge in [0.15, 0.2) is 0 Å². The summed E-state index contributed by atoms with van der Waals surface area (Å²) < 4.78 is 0. The molecule has 21 heavy (non-hydrogen) atoms. The van der Waals surface area contributed by atoms with Crippen molar-refractivity contribution in [1.82, 2.24) is 0 Å². The minimum Gasteiger partial charge on any atom is -0.355 e. The summed E-state index contributed by atoms with van der Waals surface area (Å²) >= 11 is 0. The van der Waals surface area contributed by atoms with Gasteiger partial charge in [-0.3, -0.25) is 0 Å². The second kappa shape index (κ2) is 5.10. The van der Waals surface area contributed by atoms with Crippen LogP contribution in [0.2, 0.25) is 0 Å². The monoisotopic (exact) mass is 271 g/mol. The zero-order valence-electron chi connectivity index (χ0n) is 11.8. The minimum atomic E-state index is 0.979. The summed E-state index contributed by atoms with van der Waals surface area (Å²) in [4.78, 5) is 0. The van der Waals surface area contributed by atoms with E-state index in [-0.39, 0.29) is 0 Å². The molecular weight excluding hydrogens is 254 g/mol. The van der Waals surface area contributed by atoms with Crippen LogP contribution >= 0.6 is 0 Å². The van der Waals surface area contributed by atoms with Crippen molar-refractivity contribution in [2.45, 2.75) is 12.8 Å². The van der Waals surface area contributed by atoms with Crippen LogP contribution in [0.5, 0.6) is 0 Å². The summed E-state index contributed by atoms with van der Waals surface area (Å²) in [5.41, 5.74) is 7.96. The van der Waals surface area contributed by atoms with E-state index >= 15 is 0 Å². The Balaban J connectivity index is 1.94. The molecule has 0 aliphatic carbocycles. The van der Waals surface area contributed by atoms with Gasteiger partial charge in [0, 0.05) is 11.4 Å². The lowest BCUT2D eigenvalue weighted by Crippen LogP contribution is -1.97. The first-order chi connectivity index (χ1) is 10.4. The Morgan fingerprint density at radius 1 is 0.476 bits per heavy atom. The summed E-state index contributed by atoms with van der Waals surface area (Å²) in [7, 11) is 0. The molecule has 0 unspecified atom stereocenters. The summed E-state index contributed by atoms with van der Waals surface area (Å²) in [5.74, 6) is 0. The average Bonchev–Trinajstić information content (AvgIpc) is 2.59. The van der Waals surface area contributed by atoms with Crippen molar-refractivity contribution in [1.29, 1.82) is 0 Å². The van der Waals surface area contributed by atoms with Crippen molar-refractivity contribution in [3.63, 3.8) is 0 Å². The van der Waals surface area contributed by atoms with Crippen molar-refractivity contribution >= 4 is 11.4 Å². The molecule has 102 valence electrons. The molecule has 1 N–H and O–H groups in total. The van der Waals surface area contributed by atoms with E-state index in [0.29, 0.717) is 0 Å². The van der Waals surface area contributed by atoms with Crippen molar-refractivity contribution in [3.05, 3.63) is 95.1 Å². The third-order valence-corrected chi connectivity index (χ3v) is 4.18. The third-order valence-electron chi connectivity index (χ3n) is 4.18. The first-order valence-corrected chi connectivity index (χ1v) is 7.40. The van der Waals surface area contributed by atoms with Gasteiger partial charge in [-0.15, -0.1) is 0 Å². The van der Waals surface area contributed by atoms with Gasteiger partial charge in [-0.2, -0.15) is 0 Å². The van der Waals surface area contributed by atoms with Gasteiger partial charge in [0.2, 0.25) is 0 Å². The number of rotatable bonds is 0. The lowest BCUT2D eigenvalue weighted by Gasteiger charge is -2.12. The van der Waals surface area contributed by atoms with Gasteiger partial charge in [0.1, 0.15) is 0 Å². The van der Waals surface area contributed by atoms with Crippen LogP contribution in [-0.4, -0.2) is 0 Å². The van der Waals surface area contributed by atoms with Gasteiger partial charge in [0.05, 0.1) is 0 Å². The average molecular weight is 271 g/mol. The summed E-state index contributed by atoms with van der Waals surface area (Å²) in [6, 6.07) is 26.0. The third kappa shape index (κ3) is 2.31. The maximum absolute atomic E-state index is 3.62. The van der Waals surface area contributed by atoms with Gasteiger partial charge in [-0.25, -0.2) is 0 Å². The zero-order chi connectivity index (χ0) is 14.1. The smallest absolute Gasteiger partial charge is 0.0420 e. The first-order valence-electron chi connectivity index (χ1n) is 7.40. The van der Waals surface area contributed by atoms with Crippen LogP contribution in [0.1, 0.15) is 22.3 Å². The number of nitrogens with one attached hydrogen (secondary N) is 1. The van der Waals surface area contributed by atoms with Crippen molar-refractivity contribution in [3.8, 4) is 0 Å². The Morgan fingerprint density at radius 3 is 1.33 bits per heavy atom. The van der Waals surface area contributed by atoms with E-state index in [0.717, 1.165) is 12.8 Å². The zero-order valence-corrected chi connectivity index (χ0v) is 11.8. The largest absolute Gasteiger partial charge is 0.355 e. The molecule has 1 heteroatoms. The first kappa shape index (κ1) is 12.2. The Hall–Kier alpha value is -2.54. The molecule has 1 aliphatic heterocycles. The lowest BCUT2D eigenvalue weighted by atomic mass is 9.95. The van der Waals surface area contributed by atoms with E-state index in [4.69, 9.17) is 0 Å². The molecule has 4 rings (SSSR count). The van der Waals surface area contributed by atoms with Crippen molar-refractivity contribution in [2.75, 3.05) is 5.32 Å². The minimum absolute atomic E-state index is 0.979. The molecule has 0 radical (unpaired) electrons. The molecule has 0 spiro atoms. The van der Waals surface area contributed by atoms with Gasteiger partial charge >= 0.3 is 0 Å². The maximum atomic E-state index is 3.62. The van der Waals surface area contributed by atoms with E-state index in [1.807, 2.05) is 0 Å². The quantitative estimate of drug-likeness (QED) is 0.478. The van der Waals surface area contributed by atoms with Gasteiger partial charge in [-0.1, -0.05) is 60.7 Å². The normalized spacial score (nSPS) is 12.8. The van der Waals surface area contributed by atoms with Crippen LogP contribution in [0.4, 0.5) is 11.4 Å². The molecule has 1 heterocycles. The predicted octanol–water partition coefficient (Wildman–Crippen LogP) is 4.93. The van der Waals surface area contributed by atoms with E-state index in [2.05, 4.69) is 78.1 Å². The highest BCUT2D eigenvalue weighted by Crippen LogP contribution is 2.30. The highest BCUT2D eigenvalue weighted by Gasteiger charge is 2.13. The molecule has 1 aliphatic rings. The Morgan fingerprint density at radius 2 is 0.857 bits per heavy atom. The van der Waals surface area contributed by atoms with Crippen LogP contribution in [0.25, 0.3) is 0 Å². The molecular formula is C20H17N.